The largest absolute Gasteiger partial charge is 0.271 e. The Labute approximate surface area is 107 Å². The Kier molecular flexibility index (Phi) is 6.03. The Morgan fingerprint density at radius 2 is 2.12 bits per heavy atom. The SMILES string of the molecule is CCCCCC(NN)c1cccc(C)c1Br. The van der Waals surface area contributed by atoms with Crippen LogP contribution in [0.3, 0.4) is 0 Å². The van der Waals surface area contributed by atoms with Crippen molar-refractivity contribution in [3.8, 4) is 0 Å². The molecule has 0 aromatic heterocycles. The van der Waals surface area contributed by atoms with Crippen molar-refractivity contribution in [2.24, 2.45) is 5.84 Å². The summed E-state index contributed by atoms with van der Waals surface area (Å²) in [5.74, 6) is 5.64. The number of hydrogen-bond acceptors (Lipinski definition) is 2. The molecule has 0 saturated heterocycles. The Balaban J connectivity index is 2.74. The molecule has 16 heavy (non-hydrogen) atoms. The van der Waals surface area contributed by atoms with Crippen LogP contribution in [-0.2, 0) is 0 Å². The van der Waals surface area contributed by atoms with Gasteiger partial charge in [-0.05, 0) is 24.5 Å². The van der Waals surface area contributed by atoms with Gasteiger partial charge in [-0.25, -0.2) is 0 Å². The molecule has 1 aromatic rings. The smallest absolute Gasteiger partial charge is 0.0471 e. The molecular formula is C13H21BrN2. The molecule has 0 spiro atoms. The number of unbranched alkanes of at least 4 members (excludes halogenated alkanes) is 2. The highest BCUT2D eigenvalue weighted by molar-refractivity contribution is 9.10. The number of rotatable bonds is 6. The number of aryl methyl sites for hydroxylation is 1. The van der Waals surface area contributed by atoms with Crippen molar-refractivity contribution in [2.75, 3.05) is 0 Å². The number of hydrazine groups is 1. The van der Waals surface area contributed by atoms with Gasteiger partial charge < -0.3 is 0 Å². The average molecular weight is 285 g/mol. The molecule has 0 aliphatic rings. The van der Waals surface area contributed by atoms with Gasteiger partial charge in [0.05, 0.1) is 0 Å². The molecule has 3 N–H and O–H groups in total. The average Bonchev–Trinajstić information content (AvgIpc) is 2.29. The van der Waals surface area contributed by atoms with Gasteiger partial charge >= 0.3 is 0 Å². The van der Waals surface area contributed by atoms with Crippen molar-refractivity contribution in [2.45, 2.75) is 45.6 Å². The summed E-state index contributed by atoms with van der Waals surface area (Å²) in [7, 11) is 0. The van der Waals surface area contributed by atoms with E-state index in [0.29, 0.717) is 0 Å². The number of nitrogens with one attached hydrogen (secondary N) is 1. The van der Waals surface area contributed by atoms with E-state index in [2.05, 4.69) is 53.4 Å². The zero-order valence-electron chi connectivity index (χ0n) is 10.1. The van der Waals surface area contributed by atoms with Gasteiger partial charge in [0.2, 0.25) is 0 Å². The van der Waals surface area contributed by atoms with E-state index in [1.165, 1.54) is 34.9 Å². The molecule has 0 radical (unpaired) electrons. The fraction of sp³-hybridized carbons (Fsp3) is 0.538. The lowest BCUT2D eigenvalue weighted by atomic mass is 9.99. The van der Waals surface area contributed by atoms with Gasteiger partial charge in [-0.2, -0.15) is 0 Å². The second-order valence-corrected chi connectivity index (χ2v) is 4.99. The highest BCUT2D eigenvalue weighted by atomic mass is 79.9. The van der Waals surface area contributed by atoms with E-state index < -0.39 is 0 Å². The van der Waals surface area contributed by atoms with Crippen LogP contribution in [0.15, 0.2) is 22.7 Å². The second-order valence-electron chi connectivity index (χ2n) is 4.19. The van der Waals surface area contributed by atoms with Crippen molar-refractivity contribution in [1.29, 1.82) is 0 Å². The Bertz CT molecular complexity index is 326. The molecule has 0 bridgehead atoms. The van der Waals surface area contributed by atoms with Gasteiger partial charge in [-0.3, -0.25) is 11.3 Å². The lowest BCUT2D eigenvalue weighted by Gasteiger charge is -2.18. The van der Waals surface area contributed by atoms with Gasteiger partial charge in [-0.1, -0.05) is 60.3 Å². The van der Waals surface area contributed by atoms with E-state index in [9.17, 15) is 0 Å². The van der Waals surface area contributed by atoms with Crippen molar-refractivity contribution < 1.29 is 0 Å². The van der Waals surface area contributed by atoms with Gasteiger partial charge in [0.15, 0.2) is 0 Å². The first-order chi connectivity index (χ1) is 7.70. The highest BCUT2D eigenvalue weighted by Crippen LogP contribution is 2.29. The maximum absolute atomic E-state index is 5.64. The topological polar surface area (TPSA) is 38.0 Å². The van der Waals surface area contributed by atoms with Gasteiger partial charge in [-0.15, -0.1) is 0 Å². The summed E-state index contributed by atoms with van der Waals surface area (Å²) in [5, 5.41) is 0. The molecule has 0 aliphatic carbocycles. The van der Waals surface area contributed by atoms with Crippen molar-refractivity contribution in [3.05, 3.63) is 33.8 Å². The van der Waals surface area contributed by atoms with Crippen LogP contribution >= 0.6 is 15.9 Å². The molecule has 90 valence electrons. The Hall–Kier alpha value is -0.380. The summed E-state index contributed by atoms with van der Waals surface area (Å²) in [5.41, 5.74) is 5.44. The standard InChI is InChI=1S/C13H21BrN2/c1-3-4-5-9-12(16-15)11-8-6-7-10(2)13(11)14/h6-8,12,16H,3-5,9,15H2,1-2H3. The maximum atomic E-state index is 5.64. The van der Waals surface area contributed by atoms with Crippen LogP contribution < -0.4 is 11.3 Å². The van der Waals surface area contributed by atoms with E-state index in [0.717, 1.165) is 6.42 Å². The third-order valence-corrected chi connectivity index (χ3v) is 3.98. The molecule has 0 aliphatic heterocycles. The minimum absolute atomic E-state index is 0.251. The summed E-state index contributed by atoms with van der Waals surface area (Å²) in [6.45, 7) is 4.32. The number of benzene rings is 1. The first-order valence-electron chi connectivity index (χ1n) is 5.91. The van der Waals surface area contributed by atoms with Gasteiger partial charge in [0.25, 0.3) is 0 Å². The van der Waals surface area contributed by atoms with E-state index >= 15 is 0 Å². The van der Waals surface area contributed by atoms with Crippen molar-refractivity contribution in [1.82, 2.24) is 5.43 Å². The normalized spacial score (nSPS) is 12.8. The highest BCUT2D eigenvalue weighted by Gasteiger charge is 2.13. The summed E-state index contributed by atoms with van der Waals surface area (Å²) >= 11 is 3.64. The van der Waals surface area contributed by atoms with Crippen molar-refractivity contribution >= 4 is 15.9 Å². The minimum atomic E-state index is 0.251. The lowest BCUT2D eigenvalue weighted by Crippen LogP contribution is -2.28. The monoisotopic (exact) mass is 284 g/mol. The molecule has 0 fully saturated rings. The molecule has 0 saturated carbocycles. The zero-order chi connectivity index (χ0) is 12.0. The Morgan fingerprint density at radius 1 is 1.38 bits per heavy atom. The van der Waals surface area contributed by atoms with Gasteiger partial charge in [0.1, 0.15) is 0 Å². The quantitative estimate of drug-likeness (QED) is 0.473. The van der Waals surface area contributed by atoms with E-state index in [1.54, 1.807) is 0 Å². The van der Waals surface area contributed by atoms with E-state index in [-0.39, 0.29) is 6.04 Å². The summed E-state index contributed by atoms with van der Waals surface area (Å²) < 4.78 is 1.18. The van der Waals surface area contributed by atoms with Crippen LogP contribution in [0.5, 0.6) is 0 Å². The zero-order valence-corrected chi connectivity index (χ0v) is 11.7. The third-order valence-electron chi connectivity index (χ3n) is 2.89. The molecule has 0 amide bonds. The van der Waals surface area contributed by atoms with Crippen molar-refractivity contribution in [3.63, 3.8) is 0 Å². The van der Waals surface area contributed by atoms with E-state index in [4.69, 9.17) is 5.84 Å². The molecule has 2 nitrogen and oxygen atoms in total. The number of halogens is 1. The number of hydrogen-bond donors (Lipinski definition) is 2. The molecule has 1 aromatic carbocycles. The first-order valence-corrected chi connectivity index (χ1v) is 6.71. The third kappa shape index (κ3) is 3.58. The number of nitrogens with two attached hydrogens (primary N) is 1. The second kappa shape index (κ2) is 7.05. The minimum Gasteiger partial charge on any atom is -0.271 e. The molecule has 1 atom stereocenters. The maximum Gasteiger partial charge on any atom is 0.0471 e. The summed E-state index contributed by atoms with van der Waals surface area (Å²) in [6.07, 6.45) is 4.81. The fourth-order valence-electron chi connectivity index (χ4n) is 1.87. The van der Waals surface area contributed by atoms with Crippen LogP contribution in [0.4, 0.5) is 0 Å². The van der Waals surface area contributed by atoms with E-state index in [1.807, 2.05) is 0 Å². The molecule has 3 heteroatoms. The first kappa shape index (κ1) is 13.7. The predicted molar refractivity (Wildman–Crippen MR) is 73.1 cm³/mol. The van der Waals surface area contributed by atoms with Crippen LogP contribution in [0.2, 0.25) is 0 Å². The summed E-state index contributed by atoms with van der Waals surface area (Å²) in [6, 6.07) is 6.57. The predicted octanol–water partition coefficient (Wildman–Crippen LogP) is 3.84. The van der Waals surface area contributed by atoms with Crippen LogP contribution in [0.1, 0.15) is 49.8 Å². The fourth-order valence-corrected chi connectivity index (χ4v) is 2.41. The Morgan fingerprint density at radius 3 is 2.75 bits per heavy atom. The molecule has 0 heterocycles. The summed E-state index contributed by atoms with van der Waals surface area (Å²) in [4.78, 5) is 0. The lowest BCUT2D eigenvalue weighted by molar-refractivity contribution is 0.485. The van der Waals surface area contributed by atoms with Crippen LogP contribution in [0, 0.1) is 6.92 Å². The van der Waals surface area contributed by atoms with Crippen LogP contribution in [-0.4, -0.2) is 0 Å². The molecule has 1 rings (SSSR count). The van der Waals surface area contributed by atoms with Crippen LogP contribution in [0.25, 0.3) is 0 Å². The molecule has 1 unspecified atom stereocenters. The molecular weight excluding hydrogens is 264 g/mol. The van der Waals surface area contributed by atoms with Gasteiger partial charge in [0, 0.05) is 10.5 Å².